The molecule has 3 rings (SSSR count). The van der Waals surface area contributed by atoms with Gasteiger partial charge in [-0.25, -0.2) is 0 Å². The summed E-state index contributed by atoms with van der Waals surface area (Å²) in [4.78, 5) is 12.0. The van der Waals surface area contributed by atoms with E-state index >= 15 is 0 Å². The molecule has 2 aromatic rings. The molecule has 1 aliphatic carbocycles. The fourth-order valence-electron chi connectivity index (χ4n) is 2.70. The van der Waals surface area contributed by atoms with Crippen LogP contribution in [0, 0.1) is 0 Å². The molecule has 0 aromatic heterocycles. The van der Waals surface area contributed by atoms with E-state index in [0.717, 1.165) is 28.0 Å². The number of hydrogen-bond donors (Lipinski definition) is 0. The SMILES string of the molecule is COC(=O)C1C=C(c2ccc(OC)cc2)c2ccccc21. The normalized spacial score (nSPS) is 16.1. The summed E-state index contributed by atoms with van der Waals surface area (Å²) in [5.74, 6) is 0.254. The number of esters is 1. The lowest BCUT2D eigenvalue weighted by atomic mass is 9.98. The highest BCUT2D eigenvalue weighted by atomic mass is 16.5. The van der Waals surface area contributed by atoms with Crippen LogP contribution in [0.1, 0.15) is 22.6 Å². The van der Waals surface area contributed by atoms with E-state index in [0.29, 0.717) is 0 Å². The molecule has 1 atom stereocenters. The van der Waals surface area contributed by atoms with Crippen molar-refractivity contribution in [3.63, 3.8) is 0 Å². The number of carbonyl (C=O) groups is 1. The molecule has 0 spiro atoms. The molecule has 3 heteroatoms. The molecule has 21 heavy (non-hydrogen) atoms. The molecule has 0 fully saturated rings. The highest BCUT2D eigenvalue weighted by Gasteiger charge is 2.29. The lowest BCUT2D eigenvalue weighted by Gasteiger charge is -2.08. The van der Waals surface area contributed by atoms with Gasteiger partial charge in [-0.2, -0.15) is 0 Å². The molecule has 0 N–H and O–H groups in total. The Morgan fingerprint density at radius 1 is 1.00 bits per heavy atom. The van der Waals surface area contributed by atoms with Crippen molar-refractivity contribution < 1.29 is 14.3 Å². The van der Waals surface area contributed by atoms with Crippen LogP contribution in [0.25, 0.3) is 5.57 Å². The van der Waals surface area contributed by atoms with Gasteiger partial charge in [0, 0.05) is 0 Å². The average molecular weight is 280 g/mol. The minimum atomic E-state index is -0.330. The van der Waals surface area contributed by atoms with Crippen LogP contribution in [-0.2, 0) is 9.53 Å². The molecule has 0 aliphatic heterocycles. The van der Waals surface area contributed by atoms with Gasteiger partial charge in [0.05, 0.1) is 14.2 Å². The van der Waals surface area contributed by atoms with Crippen LogP contribution in [0.3, 0.4) is 0 Å². The summed E-state index contributed by atoms with van der Waals surface area (Å²) in [6.45, 7) is 0. The third-order valence-corrected chi connectivity index (χ3v) is 3.78. The molecule has 0 bridgehead atoms. The number of rotatable bonds is 3. The molecular weight excluding hydrogens is 264 g/mol. The first kappa shape index (κ1) is 13.4. The van der Waals surface area contributed by atoms with Crippen LogP contribution in [-0.4, -0.2) is 20.2 Å². The molecule has 3 nitrogen and oxygen atoms in total. The van der Waals surface area contributed by atoms with E-state index in [1.54, 1.807) is 7.11 Å². The van der Waals surface area contributed by atoms with Crippen LogP contribution < -0.4 is 4.74 Å². The molecule has 1 aliphatic rings. The van der Waals surface area contributed by atoms with Gasteiger partial charge in [-0.3, -0.25) is 4.79 Å². The van der Waals surface area contributed by atoms with Crippen molar-refractivity contribution in [1.29, 1.82) is 0 Å². The first-order chi connectivity index (χ1) is 10.2. The van der Waals surface area contributed by atoms with E-state index in [1.807, 2.05) is 54.6 Å². The minimum absolute atomic E-state index is 0.231. The van der Waals surface area contributed by atoms with Gasteiger partial charge in [0.15, 0.2) is 0 Å². The Bertz CT molecular complexity index is 699. The third-order valence-electron chi connectivity index (χ3n) is 3.78. The zero-order valence-electron chi connectivity index (χ0n) is 12.0. The fraction of sp³-hybridized carbons (Fsp3) is 0.167. The zero-order chi connectivity index (χ0) is 14.8. The fourth-order valence-corrected chi connectivity index (χ4v) is 2.70. The Morgan fingerprint density at radius 2 is 1.71 bits per heavy atom. The maximum atomic E-state index is 12.0. The van der Waals surface area contributed by atoms with Gasteiger partial charge in [-0.1, -0.05) is 42.5 Å². The monoisotopic (exact) mass is 280 g/mol. The van der Waals surface area contributed by atoms with Gasteiger partial charge in [-0.05, 0) is 34.4 Å². The number of fused-ring (bicyclic) bond motifs is 1. The van der Waals surface area contributed by atoms with Gasteiger partial charge in [0.1, 0.15) is 11.7 Å². The van der Waals surface area contributed by atoms with Crippen molar-refractivity contribution in [2.24, 2.45) is 0 Å². The number of hydrogen-bond acceptors (Lipinski definition) is 3. The Kier molecular flexibility index (Phi) is 3.48. The highest BCUT2D eigenvalue weighted by Crippen LogP contribution is 2.40. The van der Waals surface area contributed by atoms with E-state index in [-0.39, 0.29) is 11.9 Å². The van der Waals surface area contributed by atoms with Gasteiger partial charge in [0.25, 0.3) is 0 Å². The maximum Gasteiger partial charge on any atom is 0.317 e. The second-order valence-corrected chi connectivity index (χ2v) is 4.90. The Balaban J connectivity index is 2.07. The van der Waals surface area contributed by atoms with Crippen LogP contribution in [0.4, 0.5) is 0 Å². The van der Waals surface area contributed by atoms with Crippen molar-refractivity contribution >= 4 is 11.5 Å². The number of benzene rings is 2. The average Bonchev–Trinajstić information content (AvgIpc) is 2.94. The molecule has 0 amide bonds. The highest BCUT2D eigenvalue weighted by molar-refractivity contribution is 5.94. The number of carbonyl (C=O) groups excluding carboxylic acids is 1. The summed E-state index contributed by atoms with van der Waals surface area (Å²) in [5.41, 5.74) is 4.20. The van der Waals surface area contributed by atoms with Gasteiger partial charge in [-0.15, -0.1) is 0 Å². The van der Waals surface area contributed by atoms with Crippen molar-refractivity contribution in [2.75, 3.05) is 14.2 Å². The molecule has 1 unspecified atom stereocenters. The predicted octanol–water partition coefficient (Wildman–Crippen LogP) is 3.40. The minimum Gasteiger partial charge on any atom is -0.497 e. The van der Waals surface area contributed by atoms with E-state index in [1.165, 1.54) is 7.11 Å². The molecular formula is C18H16O3. The Hall–Kier alpha value is -2.55. The summed E-state index contributed by atoms with van der Waals surface area (Å²) in [6, 6.07) is 15.8. The topological polar surface area (TPSA) is 35.5 Å². The van der Waals surface area contributed by atoms with Crippen LogP contribution in [0.15, 0.2) is 54.6 Å². The van der Waals surface area contributed by atoms with Crippen LogP contribution in [0.2, 0.25) is 0 Å². The predicted molar refractivity (Wildman–Crippen MR) is 81.3 cm³/mol. The quantitative estimate of drug-likeness (QED) is 0.808. The summed E-state index contributed by atoms with van der Waals surface area (Å²) in [7, 11) is 3.07. The van der Waals surface area contributed by atoms with Crippen LogP contribution >= 0.6 is 0 Å². The van der Waals surface area contributed by atoms with Crippen molar-refractivity contribution in [3.05, 3.63) is 71.3 Å². The lowest BCUT2D eigenvalue weighted by Crippen LogP contribution is -2.10. The summed E-state index contributed by atoms with van der Waals surface area (Å²) in [5, 5.41) is 0. The standard InChI is InChI=1S/C18H16O3/c1-20-13-9-7-12(8-10-13)16-11-17(18(19)21-2)15-6-4-3-5-14(15)16/h3-11,17H,1-2H3. The van der Waals surface area contributed by atoms with E-state index in [4.69, 9.17) is 9.47 Å². The van der Waals surface area contributed by atoms with Crippen molar-refractivity contribution in [1.82, 2.24) is 0 Å². The van der Waals surface area contributed by atoms with Gasteiger partial charge in [0.2, 0.25) is 0 Å². The summed E-state index contributed by atoms with van der Waals surface area (Å²) >= 11 is 0. The van der Waals surface area contributed by atoms with Gasteiger partial charge < -0.3 is 9.47 Å². The molecule has 0 saturated heterocycles. The first-order valence-electron chi connectivity index (χ1n) is 6.78. The molecule has 0 saturated carbocycles. The summed E-state index contributed by atoms with van der Waals surface area (Å²) in [6.07, 6.45) is 1.97. The zero-order valence-corrected chi connectivity index (χ0v) is 12.0. The molecule has 2 aromatic carbocycles. The number of ether oxygens (including phenoxy) is 2. The van der Waals surface area contributed by atoms with Crippen LogP contribution in [0.5, 0.6) is 5.75 Å². The third kappa shape index (κ3) is 2.31. The molecule has 106 valence electrons. The largest absolute Gasteiger partial charge is 0.497 e. The number of methoxy groups -OCH3 is 2. The Morgan fingerprint density at radius 3 is 2.38 bits per heavy atom. The first-order valence-corrected chi connectivity index (χ1v) is 6.78. The summed E-state index contributed by atoms with van der Waals surface area (Å²) < 4.78 is 10.1. The Labute approximate surface area is 123 Å². The second-order valence-electron chi connectivity index (χ2n) is 4.90. The van der Waals surface area contributed by atoms with Gasteiger partial charge >= 0.3 is 5.97 Å². The molecule has 0 heterocycles. The van der Waals surface area contributed by atoms with E-state index in [2.05, 4.69) is 0 Å². The lowest BCUT2D eigenvalue weighted by molar-refractivity contribution is -0.141. The van der Waals surface area contributed by atoms with E-state index < -0.39 is 0 Å². The maximum absolute atomic E-state index is 12.0. The second kappa shape index (κ2) is 5.44. The molecule has 0 radical (unpaired) electrons. The smallest absolute Gasteiger partial charge is 0.317 e. The van der Waals surface area contributed by atoms with Crippen molar-refractivity contribution in [2.45, 2.75) is 5.92 Å². The van der Waals surface area contributed by atoms with E-state index in [9.17, 15) is 4.79 Å². The van der Waals surface area contributed by atoms with Crippen molar-refractivity contribution in [3.8, 4) is 5.75 Å².